The van der Waals surface area contributed by atoms with Crippen LogP contribution in [0.4, 0.5) is 0 Å². The van der Waals surface area contributed by atoms with Crippen LogP contribution >= 0.6 is 0 Å². The lowest BCUT2D eigenvalue weighted by atomic mass is 10.1. The summed E-state index contributed by atoms with van der Waals surface area (Å²) in [5, 5.41) is 3.22. The van der Waals surface area contributed by atoms with Crippen LogP contribution in [0, 0.1) is 5.92 Å². The summed E-state index contributed by atoms with van der Waals surface area (Å²) >= 11 is 0. The maximum absolute atomic E-state index is 11.3. The summed E-state index contributed by atoms with van der Waals surface area (Å²) in [7, 11) is -2.82. The molecule has 0 heterocycles. The zero-order valence-corrected chi connectivity index (χ0v) is 10.5. The monoisotopic (exact) mass is 221 g/mol. The van der Waals surface area contributed by atoms with Gasteiger partial charge in [-0.15, -0.1) is 0 Å². The number of sulfone groups is 1. The minimum atomic E-state index is -2.82. The molecular weight excluding hydrogens is 198 g/mol. The van der Waals surface area contributed by atoms with Crippen LogP contribution in [0.1, 0.15) is 34.1 Å². The molecule has 0 radical (unpaired) electrons. The summed E-state index contributed by atoms with van der Waals surface area (Å²) in [6.45, 7) is 8.79. The van der Waals surface area contributed by atoms with Crippen molar-refractivity contribution in [2.75, 3.05) is 18.1 Å². The van der Waals surface area contributed by atoms with Crippen molar-refractivity contribution in [3.05, 3.63) is 0 Å². The fourth-order valence-corrected chi connectivity index (χ4v) is 2.35. The van der Waals surface area contributed by atoms with E-state index >= 15 is 0 Å². The average molecular weight is 221 g/mol. The minimum absolute atomic E-state index is 0.262. The van der Waals surface area contributed by atoms with Crippen molar-refractivity contribution in [1.82, 2.24) is 5.32 Å². The van der Waals surface area contributed by atoms with Crippen LogP contribution in [0.2, 0.25) is 0 Å². The molecule has 0 aromatic heterocycles. The Kier molecular flexibility index (Phi) is 6.36. The standard InChI is InChI=1S/C10H23NO2S/c1-5-7-14(12,13)8-6-11-10(4)9(2)3/h9-11H,5-8H2,1-4H3. The fraction of sp³-hybridized carbons (Fsp3) is 1.00. The van der Waals surface area contributed by atoms with Gasteiger partial charge in [-0.25, -0.2) is 8.42 Å². The zero-order chi connectivity index (χ0) is 11.2. The highest BCUT2D eigenvalue weighted by molar-refractivity contribution is 7.91. The van der Waals surface area contributed by atoms with E-state index < -0.39 is 9.84 Å². The van der Waals surface area contributed by atoms with Gasteiger partial charge in [-0.3, -0.25) is 0 Å². The molecule has 4 heteroatoms. The van der Waals surface area contributed by atoms with Crippen LogP contribution in [0.5, 0.6) is 0 Å². The van der Waals surface area contributed by atoms with Gasteiger partial charge in [-0.1, -0.05) is 20.8 Å². The van der Waals surface area contributed by atoms with Gasteiger partial charge < -0.3 is 5.32 Å². The minimum Gasteiger partial charge on any atom is -0.313 e. The summed E-state index contributed by atoms with van der Waals surface area (Å²) in [6, 6.07) is 0.381. The van der Waals surface area contributed by atoms with E-state index in [1.165, 1.54) is 0 Å². The largest absolute Gasteiger partial charge is 0.313 e. The van der Waals surface area contributed by atoms with Crippen molar-refractivity contribution in [2.24, 2.45) is 5.92 Å². The van der Waals surface area contributed by atoms with Crippen LogP contribution in [0.3, 0.4) is 0 Å². The summed E-state index contributed by atoms with van der Waals surface area (Å²) in [4.78, 5) is 0. The molecule has 3 nitrogen and oxygen atoms in total. The van der Waals surface area contributed by atoms with E-state index in [2.05, 4.69) is 26.1 Å². The summed E-state index contributed by atoms with van der Waals surface area (Å²) in [6.07, 6.45) is 0.710. The smallest absolute Gasteiger partial charge is 0.151 e. The Bertz CT molecular complexity index is 235. The Morgan fingerprint density at radius 1 is 1.14 bits per heavy atom. The normalized spacial score (nSPS) is 14.6. The van der Waals surface area contributed by atoms with Crippen molar-refractivity contribution in [2.45, 2.75) is 40.2 Å². The van der Waals surface area contributed by atoms with Gasteiger partial charge in [-0.2, -0.15) is 0 Å². The van der Waals surface area contributed by atoms with E-state index in [0.717, 1.165) is 0 Å². The molecule has 0 spiro atoms. The Morgan fingerprint density at radius 3 is 2.14 bits per heavy atom. The predicted molar refractivity (Wildman–Crippen MR) is 61.2 cm³/mol. The van der Waals surface area contributed by atoms with Crippen LogP contribution in [-0.4, -0.2) is 32.5 Å². The molecule has 14 heavy (non-hydrogen) atoms. The molecule has 0 aliphatic rings. The fourth-order valence-electron chi connectivity index (χ4n) is 1.09. The highest BCUT2D eigenvalue weighted by Gasteiger charge is 2.10. The van der Waals surface area contributed by atoms with Crippen LogP contribution < -0.4 is 5.32 Å². The Labute approximate surface area is 88.2 Å². The molecule has 0 saturated carbocycles. The second-order valence-electron chi connectivity index (χ2n) is 4.14. The second kappa shape index (κ2) is 6.40. The molecule has 0 aromatic carbocycles. The topological polar surface area (TPSA) is 46.2 Å². The Morgan fingerprint density at radius 2 is 1.71 bits per heavy atom. The maximum atomic E-state index is 11.3. The molecule has 0 bridgehead atoms. The van der Waals surface area contributed by atoms with Gasteiger partial charge in [0.1, 0.15) is 0 Å². The SMILES string of the molecule is CCCS(=O)(=O)CCNC(C)C(C)C. The first-order valence-corrected chi connectivity index (χ1v) is 7.15. The summed E-state index contributed by atoms with van der Waals surface area (Å²) in [5.74, 6) is 1.12. The van der Waals surface area contributed by atoms with Gasteiger partial charge in [-0.05, 0) is 19.3 Å². The van der Waals surface area contributed by atoms with Crippen LogP contribution in [0.15, 0.2) is 0 Å². The van der Waals surface area contributed by atoms with Crippen molar-refractivity contribution in [3.63, 3.8) is 0 Å². The molecule has 0 aliphatic heterocycles. The third-order valence-electron chi connectivity index (χ3n) is 2.39. The summed E-state index contributed by atoms with van der Waals surface area (Å²) < 4.78 is 22.7. The van der Waals surface area contributed by atoms with Gasteiger partial charge in [0.05, 0.1) is 5.75 Å². The molecule has 0 aromatic rings. The molecule has 0 rings (SSSR count). The van der Waals surface area contributed by atoms with Gasteiger partial charge in [0.15, 0.2) is 9.84 Å². The van der Waals surface area contributed by atoms with Crippen molar-refractivity contribution in [3.8, 4) is 0 Å². The molecular formula is C10H23NO2S. The van der Waals surface area contributed by atoms with E-state index in [1.807, 2.05) is 6.92 Å². The van der Waals surface area contributed by atoms with Gasteiger partial charge in [0.2, 0.25) is 0 Å². The Hall–Kier alpha value is -0.0900. The summed E-state index contributed by atoms with van der Waals surface area (Å²) in [5.41, 5.74) is 0. The molecule has 0 saturated heterocycles. The number of nitrogens with one attached hydrogen (secondary N) is 1. The van der Waals surface area contributed by atoms with Gasteiger partial charge >= 0.3 is 0 Å². The molecule has 0 amide bonds. The number of hydrogen-bond donors (Lipinski definition) is 1. The molecule has 86 valence electrons. The lowest BCUT2D eigenvalue weighted by Gasteiger charge is -2.17. The Balaban J connectivity index is 3.74. The van der Waals surface area contributed by atoms with Gasteiger partial charge in [0.25, 0.3) is 0 Å². The molecule has 1 unspecified atom stereocenters. The first kappa shape index (κ1) is 13.9. The lowest BCUT2D eigenvalue weighted by Crippen LogP contribution is -2.34. The highest BCUT2D eigenvalue weighted by atomic mass is 32.2. The van der Waals surface area contributed by atoms with Gasteiger partial charge in [0, 0.05) is 18.3 Å². The molecule has 0 fully saturated rings. The van der Waals surface area contributed by atoms with E-state index in [9.17, 15) is 8.42 Å². The first-order valence-electron chi connectivity index (χ1n) is 5.33. The number of rotatable bonds is 7. The third-order valence-corrected chi connectivity index (χ3v) is 4.25. The van der Waals surface area contributed by atoms with Crippen LogP contribution in [0.25, 0.3) is 0 Å². The molecule has 1 N–H and O–H groups in total. The second-order valence-corrected chi connectivity index (χ2v) is 6.44. The molecule has 1 atom stereocenters. The van der Waals surface area contributed by atoms with E-state index in [-0.39, 0.29) is 5.75 Å². The quantitative estimate of drug-likeness (QED) is 0.707. The van der Waals surface area contributed by atoms with Crippen molar-refractivity contribution in [1.29, 1.82) is 0 Å². The third kappa shape index (κ3) is 6.38. The van der Waals surface area contributed by atoms with Crippen molar-refractivity contribution < 1.29 is 8.42 Å². The van der Waals surface area contributed by atoms with Crippen LogP contribution in [-0.2, 0) is 9.84 Å². The zero-order valence-electron chi connectivity index (χ0n) is 9.71. The van der Waals surface area contributed by atoms with E-state index in [0.29, 0.717) is 30.7 Å². The van der Waals surface area contributed by atoms with Crippen molar-refractivity contribution >= 4 is 9.84 Å². The van der Waals surface area contributed by atoms with E-state index in [1.54, 1.807) is 0 Å². The maximum Gasteiger partial charge on any atom is 0.151 e. The van der Waals surface area contributed by atoms with E-state index in [4.69, 9.17) is 0 Å². The lowest BCUT2D eigenvalue weighted by molar-refractivity contribution is 0.437. The number of hydrogen-bond acceptors (Lipinski definition) is 3. The molecule has 0 aliphatic carbocycles. The predicted octanol–water partition coefficient (Wildman–Crippen LogP) is 1.45. The highest BCUT2D eigenvalue weighted by Crippen LogP contribution is 1.99. The average Bonchev–Trinajstić information content (AvgIpc) is 2.03. The first-order chi connectivity index (χ1) is 6.39.